The Morgan fingerprint density at radius 1 is 0.882 bits per heavy atom. The predicted molar refractivity (Wildman–Crippen MR) is 71.0 cm³/mol. The zero-order chi connectivity index (χ0) is 11.5. The van der Waals surface area contributed by atoms with Crippen molar-refractivity contribution in [3.05, 3.63) is 65.7 Å². The first-order chi connectivity index (χ1) is 8.43. The van der Waals surface area contributed by atoms with Crippen molar-refractivity contribution in [3.63, 3.8) is 0 Å². The van der Waals surface area contributed by atoms with Crippen LogP contribution in [0.4, 0.5) is 5.69 Å². The fourth-order valence-electron chi connectivity index (χ4n) is 2.29. The summed E-state index contributed by atoms with van der Waals surface area (Å²) in [7, 11) is 0. The van der Waals surface area contributed by atoms with Gasteiger partial charge in [0.05, 0.1) is 0 Å². The summed E-state index contributed by atoms with van der Waals surface area (Å²) >= 11 is 0. The van der Waals surface area contributed by atoms with Crippen LogP contribution in [0.25, 0.3) is 0 Å². The maximum atomic E-state index is 3.59. The molecule has 2 heteroatoms. The average Bonchev–Trinajstić information content (AvgIpc) is 2.62. The molecular weight excluding hydrogens is 208 g/mol. The number of hydrogen-bond donors (Lipinski definition) is 2. The third kappa shape index (κ3) is 2.17. The molecular formula is C15H16N2. The Labute approximate surface area is 102 Å². The van der Waals surface area contributed by atoms with E-state index < -0.39 is 0 Å². The lowest BCUT2D eigenvalue weighted by Crippen LogP contribution is -2.24. The highest BCUT2D eigenvalue weighted by Crippen LogP contribution is 2.22. The quantitative estimate of drug-likeness (QED) is 0.778. The van der Waals surface area contributed by atoms with E-state index in [0.717, 1.165) is 13.1 Å². The van der Waals surface area contributed by atoms with Gasteiger partial charge in [0.25, 0.3) is 0 Å². The summed E-state index contributed by atoms with van der Waals surface area (Å²) in [5, 5.41) is 7.10. The van der Waals surface area contributed by atoms with Crippen molar-refractivity contribution in [2.24, 2.45) is 0 Å². The number of nitrogens with one attached hydrogen (secondary N) is 2. The molecule has 86 valence electrons. The summed E-state index contributed by atoms with van der Waals surface area (Å²) < 4.78 is 0. The lowest BCUT2D eigenvalue weighted by atomic mass is 10.1. The number of anilines is 1. The molecule has 0 spiro atoms. The van der Waals surface area contributed by atoms with E-state index in [1.807, 2.05) is 0 Å². The Kier molecular flexibility index (Phi) is 2.80. The predicted octanol–water partition coefficient (Wildman–Crippen LogP) is 2.94. The minimum absolute atomic E-state index is 0.378. The number of rotatable bonds is 1. The molecule has 1 heterocycles. The second kappa shape index (κ2) is 4.60. The molecule has 0 saturated heterocycles. The van der Waals surface area contributed by atoms with Gasteiger partial charge in [0.15, 0.2) is 0 Å². The lowest BCUT2D eigenvalue weighted by Gasteiger charge is -2.16. The van der Waals surface area contributed by atoms with Gasteiger partial charge in [-0.25, -0.2) is 0 Å². The van der Waals surface area contributed by atoms with E-state index in [9.17, 15) is 0 Å². The summed E-state index contributed by atoms with van der Waals surface area (Å²) in [5.74, 6) is 0. The zero-order valence-electron chi connectivity index (χ0n) is 9.69. The van der Waals surface area contributed by atoms with Gasteiger partial charge in [0.1, 0.15) is 0 Å². The van der Waals surface area contributed by atoms with Crippen LogP contribution >= 0.6 is 0 Å². The molecule has 2 aromatic carbocycles. The van der Waals surface area contributed by atoms with Crippen LogP contribution in [0.3, 0.4) is 0 Å². The minimum atomic E-state index is 0.378. The second-order valence-corrected chi connectivity index (χ2v) is 4.38. The van der Waals surface area contributed by atoms with Crippen LogP contribution in [0.5, 0.6) is 0 Å². The van der Waals surface area contributed by atoms with E-state index in [1.54, 1.807) is 0 Å². The first-order valence-corrected chi connectivity index (χ1v) is 6.03. The summed E-state index contributed by atoms with van der Waals surface area (Å²) in [6.07, 6.45) is 0. The molecule has 0 amide bonds. The Balaban J connectivity index is 1.82. The largest absolute Gasteiger partial charge is 0.383 e. The van der Waals surface area contributed by atoms with Crippen molar-refractivity contribution in [2.45, 2.75) is 12.6 Å². The highest BCUT2D eigenvalue weighted by atomic mass is 15.0. The standard InChI is InChI=1S/C15H16N2/c1-2-6-12(7-3-1)15-11-17-14-9-5-4-8-13(14)10-16-15/h1-9,15-17H,10-11H2. The molecule has 0 aromatic heterocycles. The van der Waals surface area contributed by atoms with Crippen LogP contribution in [-0.2, 0) is 6.54 Å². The highest BCUT2D eigenvalue weighted by molar-refractivity contribution is 5.52. The molecule has 0 saturated carbocycles. The van der Waals surface area contributed by atoms with Crippen molar-refractivity contribution >= 4 is 5.69 Å². The highest BCUT2D eigenvalue weighted by Gasteiger charge is 2.15. The van der Waals surface area contributed by atoms with Gasteiger partial charge >= 0.3 is 0 Å². The third-order valence-corrected chi connectivity index (χ3v) is 3.25. The summed E-state index contributed by atoms with van der Waals surface area (Å²) in [6.45, 7) is 1.85. The normalized spacial score (nSPS) is 18.9. The van der Waals surface area contributed by atoms with Gasteiger partial charge in [-0.1, -0.05) is 48.5 Å². The van der Waals surface area contributed by atoms with Crippen molar-refractivity contribution in [2.75, 3.05) is 11.9 Å². The maximum Gasteiger partial charge on any atom is 0.0498 e. The Hall–Kier alpha value is -1.80. The van der Waals surface area contributed by atoms with Gasteiger partial charge in [-0.15, -0.1) is 0 Å². The first-order valence-electron chi connectivity index (χ1n) is 6.03. The van der Waals surface area contributed by atoms with Gasteiger partial charge in [-0.3, -0.25) is 0 Å². The van der Waals surface area contributed by atoms with Gasteiger partial charge in [-0.05, 0) is 17.2 Å². The minimum Gasteiger partial charge on any atom is -0.383 e. The van der Waals surface area contributed by atoms with Crippen molar-refractivity contribution in [1.29, 1.82) is 0 Å². The Bertz CT molecular complexity index is 466. The van der Waals surface area contributed by atoms with E-state index in [0.29, 0.717) is 6.04 Å². The van der Waals surface area contributed by atoms with Gasteiger partial charge in [0, 0.05) is 24.8 Å². The maximum absolute atomic E-state index is 3.59. The monoisotopic (exact) mass is 224 g/mol. The molecule has 0 bridgehead atoms. The van der Waals surface area contributed by atoms with Crippen molar-refractivity contribution < 1.29 is 0 Å². The van der Waals surface area contributed by atoms with Crippen LogP contribution in [0, 0.1) is 0 Å². The van der Waals surface area contributed by atoms with Gasteiger partial charge in [-0.2, -0.15) is 0 Å². The molecule has 1 unspecified atom stereocenters. The van der Waals surface area contributed by atoms with Crippen LogP contribution in [-0.4, -0.2) is 6.54 Å². The van der Waals surface area contributed by atoms with Crippen LogP contribution in [0.15, 0.2) is 54.6 Å². The summed E-state index contributed by atoms with van der Waals surface area (Å²) in [4.78, 5) is 0. The molecule has 1 atom stereocenters. The fraction of sp³-hybridized carbons (Fsp3) is 0.200. The van der Waals surface area contributed by atoms with Crippen molar-refractivity contribution in [1.82, 2.24) is 5.32 Å². The topological polar surface area (TPSA) is 24.1 Å². The Morgan fingerprint density at radius 3 is 2.53 bits per heavy atom. The molecule has 17 heavy (non-hydrogen) atoms. The number of fused-ring (bicyclic) bond motifs is 1. The van der Waals surface area contributed by atoms with Gasteiger partial charge < -0.3 is 10.6 Å². The summed E-state index contributed by atoms with van der Waals surface area (Å²) in [5.41, 5.74) is 3.93. The number of benzene rings is 2. The molecule has 2 N–H and O–H groups in total. The van der Waals surface area contributed by atoms with E-state index in [4.69, 9.17) is 0 Å². The molecule has 2 aromatic rings. The van der Waals surface area contributed by atoms with Crippen LogP contribution < -0.4 is 10.6 Å². The van der Waals surface area contributed by atoms with Crippen LogP contribution in [0.1, 0.15) is 17.2 Å². The molecule has 3 rings (SSSR count). The van der Waals surface area contributed by atoms with Crippen LogP contribution in [0.2, 0.25) is 0 Å². The zero-order valence-corrected chi connectivity index (χ0v) is 9.69. The van der Waals surface area contributed by atoms with E-state index in [-0.39, 0.29) is 0 Å². The number of para-hydroxylation sites is 1. The van der Waals surface area contributed by atoms with Crippen molar-refractivity contribution in [3.8, 4) is 0 Å². The fourth-order valence-corrected chi connectivity index (χ4v) is 2.29. The van der Waals surface area contributed by atoms with E-state index in [2.05, 4.69) is 65.2 Å². The molecule has 1 aliphatic heterocycles. The first kappa shape index (κ1) is 10.4. The smallest absolute Gasteiger partial charge is 0.0498 e. The Morgan fingerprint density at radius 2 is 1.65 bits per heavy atom. The summed E-state index contributed by atoms with van der Waals surface area (Å²) in [6, 6.07) is 19.5. The molecule has 0 radical (unpaired) electrons. The SMILES string of the molecule is c1ccc(C2CNc3ccccc3CN2)cc1. The number of hydrogen-bond acceptors (Lipinski definition) is 2. The lowest BCUT2D eigenvalue weighted by molar-refractivity contribution is 0.566. The second-order valence-electron chi connectivity index (χ2n) is 4.38. The molecule has 1 aliphatic rings. The van der Waals surface area contributed by atoms with E-state index in [1.165, 1.54) is 16.8 Å². The van der Waals surface area contributed by atoms with Gasteiger partial charge in [0.2, 0.25) is 0 Å². The third-order valence-electron chi connectivity index (χ3n) is 3.25. The van der Waals surface area contributed by atoms with E-state index >= 15 is 0 Å². The molecule has 2 nitrogen and oxygen atoms in total. The average molecular weight is 224 g/mol. The molecule has 0 aliphatic carbocycles. The molecule has 0 fully saturated rings.